The molecule has 0 saturated carbocycles. The van der Waals surface area contributed by atoms with Crippen molar-refractivity contribution in [3.8, 4) is 11.3 Å². The van der Waals surface area contributed by atoms with Crippen molar-refractivity contribution in [1.29, 1.82) is 0 Å². The zero-order valence-electron chi connectivity index (χ0n) is 14.0. The molecule has 0 atom stereocenters. The van der Waals surface area contributed by atoms with E-state index in [0.717, 1.165) is 16.3 Å². The Morgan fingerprint density at radius 2 is 1.92 bits per heavy atom. The standard InChI is InChI=1S/C18H17N3O3S2/c1-12-7-8-14(26(19,23)24)9-15(12)18(22)20-10-17-21-16(11-25-17)13-5-3-2-4-6-13/h2-9,11H,10H2,1H3,(H,20,22)(H2,19,23,24). The predicted octanol–water partition coefficient (Wildman–Crippen LogP) is 2.70. The van der Waals surface area contributed by atoms with E-state index in [1.165, 1.54) is 23.5 Å². The van der Waals surface area contributed by atoms with Crippen LogP contribution in [0.15, 0.2) is 58.8 Å². The average molecular weight is 387 g/mol. The summed E-state index contributed by atoms with van der Waals surface area (Å²) in [6, 6.07) is 14.0. The summed E-state index contributed by atoms with van der Waals surface area (Å²) in [5.74, 6) is -0.371. The largest absolute Gasteiger partial charge is 0.346 e. The lowest BCUT2D eigenvalue weighted by molar-refractivity contribution is 0.0950. The fourth-order valence-corrected chi connectivity index (χ4v) is 3.69. The summed E-state index contributed by atoms with van der Waals surface area (Å²) < 4.78 is 22.9. The fourth-order valence-electron chi connectivity index (χ4n) is 2.41. The normalized spacial score (nSPS) is 11.3. The number of nitrogens with one attached hydrogen (secondary N) is 1. The van der Waals surface area contributed by atoms with Crippen LogP contribution in [0.25, 0.3) is 11.3 Å². The van der Waals surface area contributed by atoms with Crippen LogP contribution in [0.3, 0.4) is 0 Å². The number of hydrogen-bond acceptors (Lipinski definition) is 5. The summed E-state index contributed by atoms with van der Waals surface area (Å²) in [6.07, 6.45) is 0. The highest BCUT2D eigenvalue weighted by Gasteiger charge is 2.15. The number of carbonyl (C=O) groups is 1. The van der Waals surface area contributed by atoms with Crippen molar-refractivity contribution < 1.29 is 13.2 Å². The Morgan fingerprint density at radius 1 is 1.19 bits per heavy atom. The summed E-state index contributed by atoms with van der Waals surface area (Å²) in [7, 11) is -3.86. The number of primary sulfonamides is 1. The number of hydrogen-bond donors (Lipinski definition) is 2. The zero-order valence-corrected chi connectivity index (χ0v) is 15.6. The second-order valence-electron chi connectivity index (χ2n) is 5.70. The third-order valence-corrected chi connectivity index (χ3v) is 5.56. The molecule has 0 spiro atoms. The van der Waals surface area contributed by atoms with Crippen molar-refractivity contribution in [2.24, 2.45) is 5.14 Å². The first-order valence-electron chi connectivity index (χ1n) is 7.76. The van der Waals surface area contributed by atoms with Crippen molar-refractivity contribution in [2.45, 2.75) is 18.4 Å². The molecular formula is C18H17N3O3S2. The number of rotatable bonds is 5. The van der Waals surface area contributed by atoms with Crippen LogP contribution >= 0.6 is 11.3 Å². The molecule has 0 fully saturated rings. The van der Waals surface area contributed by atoms with Gasteiger partial charge in [0.05, 0.1) is 17.1 Å². The fraction of sp³-hybridized carbons (Fsp3) is 0.111. The minimum atomic E-state index is -3.86. The van der Waals surface area contributed by atoms with Gasteiger partial charge in [-0.2, -0.15) is 0 Å². The molecule has 8 heteroatoms. The van der Waals surface area contributed by atoms with Crippen molar-refractivity contribution in [2.75, 3.05) is 0 Å². The number of carbonyl (C=O) groups excluding carboxylic acids is 1. The number of sulfonamides is 1. The Balaban J connectivity index is 1.73. The Hall–Kier alpha value is -2.55. The number of nitrogens with zero attached hydrogens (tertiary/aromatic N) is 1. The van der Waals surface area contributed by atoms with Gasteiger partial charge in [-0.15, -0.1) is 11.3 Å². The van der Waals surface area contributed by atoms with E-state index in [9.17, 15) is 13.2 Å². The SMILES string of the molecule is Cc1ccc(S(N)(=O)=O)cc1C(=O)NCc1nc(-c2ccccc2)cs1. The van der Waals surface area contributed by atoms with Gasteiger partial charge in [-0.3, -0.25) is 4.79 Å². The molecule has 1 aromatic heterocycles. The van der Waals surface area contributed by atoms with Gasteiger partial charge >= 0.3 is 0 Å². The van der Waals surface area contributed by atoms with Crippen molar-refractivity contribution in [1.82, 2.24) is 10.3 Å². The number of aryl methyl sites for hydroxylation is 1. The van der Waals surface area contributed by atoms with Crippen LogP contribution in [0.4, 0.5) is 0 Å². The minimum absolute atomic E-state index is 0.0890. The monoisotopic (exact) mass is 387 g/mol. The van der Waals surface area contributed by atoms with Crippen molar-refractivity contribution in [3.63, 3.8) is 0 Å². The Bertz CT molecular complexity index is 1040. The Morgan fingerprint density at radius 3 is 2.62 bits per heavy atom. The van der Waals surface area contributed by atoms with Gasteiger partial charge in [0.1, 0.15) is 5.01 Å². The molecule has 3 aromatic rings. The number of amides is 1. The van der Waals surface area contributed by atoms with E-state index >= 15 is 0 Å². The summed E-state index contributed by atoms with van der Waals surface area (Å²) in [5.41, 5.74) is 2.81. The molecule has 0 radical (unpaired) electrons. The first-order valence-corrected chi connectivity index (χ1v) is 10.2. The lowest BCUT2D eigenvalue weighted by Gasteiger charge is -2.08. The third kappa shape index (κ3) is 4.16. The quantitative estimate of drug-likeness (QED) is 0.702. The second-order valence-corrected chi connectivity index (χ2v) is 8.20. The average Bonchev–Trinajstić information content (AvgIpc) is 3.09. The minimum Gasteiger partial charge on any atom is -0.346 e. The van der Waals surface area contributed by atoms with E-state index in [4.69, 9.17) is 5.14 Å². The number of aromatic nitrogens is 1. The van der Waals surface area contributed by atoms with Crippen molar-refractivity contribution >= 4 is 27.3 Å². The molecular weight excluding hydrogens is 370 g/mol. The molecule has 0 aliphatic rings. The maximum absolute atomic E-state index is 12.4. The maximum Gasteiger partial charge on any atom is 0.251 e. The van der Waals surface area contributed by atoms with Crippen LogP contribution in [0.1, 0.15) is 20.9 Å². The van der Waals surface area contributed by atoms with Crippen LogP contribution in [0, 0.1) is 6.92 Å². The van der Waals surface area contributed by atoms with E-state index in [1.807, 2.05) is 35.7 Å². The van der Waals surface area contributed by atoms with Gasteiger partial charge in [-0.25, -0.2) is 18.5 Å². The molecule has 3 N–H and O–H groups in total. The topological polar surface area (TPSA) is 102 Å². The summed E-state index contributed by atoms with van der Waals surface area (Å²) in [5, 5.41) is 10.6. The van der Waals surface area contributed by atoms with Crippen LogP contribution in [0.2, 0.25) is 0 Å². The van der Waals surface area contributed by atoms with Gasteiger partial charge in [0.25, 0.3) is 5.91 Å². The smallest absolute Gasteiger partial charge is 0.251 e. The third-order valence-electron chi connectivity index (χ3n) is 3.80. The highest BCUT2D eigenvalue weighted by Crippen LogP contribution is 2.21. The van der Waals surface area contributed by atoms with Crippen LogP contribution in [-0.4, -0.2) is 19.3 Å². The Labute approximate surface area is 155 Å². The van der Waals surface area contributed by atoms with Gasteiger partial charge in [-0.05, 0) is 24.6 Å². The van der Waals surface area contributed by atoms with Gasteiger partial charge in [-0.1, -0.05) is 36.4 Å². The molecule has 3 rings (SSSR count). The maximum atomic E-state index is 12.4. The van der Waals surface area contributed by atoms with Gasteiger partial charge in [0.2, 0.25) is 10.0 Å². The predicted molar refractivity (Wildman–Crippen MR) is 101 cm³/mol. The Kier molecular flexibility index (Phi) is 5.17. The van der Waals surface area contributed by atoms with Crippen LogP contribution in [-0.2, 0) is 16.6 Å². The lowest BCUT2D eigenvalue weighted by atomic mass is 10.1. The lowest BCUT2D eigenvalue weighted by Crippen LogP contribution is -2.24. The zero-order chi connectivity index (χ0) is 18.7. The molecule has 2 aromatic carbocycles. The van der Waals surface area contributed by atoms with E-state index in [-0.39, 0.29) is 22.9 Å². The van der Waals surface area contributed by atoms with Gasteiger partial charge in [0, 0.05) is 16.5 Å². The van der Waals surface area contributed by atoms with Crippen LogP contribution in [0.5, 0.6) is 0 Å². The molecule has 0 saturated heterocycles. The number of benzene rings is 2. The second kappa shape index (κ2) is 7.36. The molecule has 0 aliphatic heterocycles. The van der Waals surface area contributed by atoms with Gasteiger partial charge < -0.3 is 5.32 Å². The molecule has 0 aliphatic carbocycles. The first kappa shape index (κ1) is 18.2. The van der Waals surface area contributed by atoms with E-state index in [1.54, 1.807) is 13.0 Å². The van der Waals surface area contributed by atoms with E-state index in [0.29, 0.717) is 5.56 Å². The highest BCUT2D eigenvalue weighted by atomic mass is 32.2. The molecule has 6 nitrogen and oxygen atoms in total. The molecule has 0 unspecified atom stereocenters. The van der Waals surface area contributed by atoms with E-state index < -0.39 is 10.0 Å². The molecule has 134 valence electrons. The highest BCUT2D eigenvalue weighted by molar-refractivity contribution is 7.89. The molecule has 1 heterocycles. The summed E-state index contributed by atoms with van der Waals surface area (Å²) in [4.78, 5) is 16.8. The van der Waals surface area contributed by atoms with Gasteiger partial charge in [0.15, 0.2) is 0 Å². The van der Waals surface area contributed by atoms with E-state index in [2.05, 4.69) is 10.3 Å². The number of nitrogens with two attached hydrogens (primary N) is 1. The molecule has 26 heavy (non-hydrogen) atoms. The van der Waals surface area contributed by atoms with Crippen LogP contribution < -0.4 is 10.5 Å². The molecule has 1 amide bonds. The van der Waals surface area contributed by atoms with Crippen molar-refractivity contribution in [3.05, 3.63) is 70.0 Å². The summed E-state index contributed by atoms with van der Waals surface area (Å²) in [6.45, 7) is 1.99. The molecule has 0 bridgehead atoms. The summed E-state index contributed by atoms with van der Waals surface area (Å²) >= 11 is 1.45. The first-order chi connectivity index (χ1) is 12.3. The number of thiazole rings is 1.